The number of nitrogens with zero attached hydrogens (tertiary/aromatic N) is 5. The number of nitriles is 1. The van der Waals surface area contributed by atoms with Gasteiger partial charge in [0.2, 0.25) is 11.7 Å². The molecular formula is C26H32N6O2S. The maximum Gasteiger partial charge on any atom is 0.248 e. The molecule has 1 aliphatic carbocycles. The number of nitrogens with one attached hydrogen (secondary N) is 1. The number of hydrogen-bond acceptors (Lipinski definition) is 7. The fraction of sp³-hybridized carbons (Fsp3) is 0.500. The molecule has 0 saturated carbocycles. The minimum absolute atomic E-state index is 0.0801. The van der Waals surface area contributed by atoms with Crippen LogP contribution in [0.15, 0.2) is 24.3 Å². The van der Waals surface area contributed by atoms with Crippen molar-refractivity contribution in [3.8, 4) is 23.2 Å². The van der Waals surface area contributed by atoms with Gasteiger partial charge in [-0.1, -0.05) is 34.1 Å². The molecule has 1 N–H and O–H groups in total. The average molecular weight is 493 g/mol. The fourth-order valence-corrected chi connectivity index (χ4v) is 5.58. The number of fused-ring (bicyclic) bond motifs is 1. The highest BCUT2D eigenvalue weighted by molar-refractivity contribution is 7.16. The Kier molecular flexibility index (Phi) is 7.51. The van der Waals surface area contributed by atoms with Crippen LogP contribution in [0.4, 0.5) is 5.00 Å². The van der Waals surface area contributed by atoms with Gasteiger partial charge < -0.3 is 10.1 Å². The number of tetrazole rings is 1. The summed E-state index contributed by atoms with van der Waals surface area (Å²) < 4.78 is 5.69. The molecule has 0 aliphatic heterocycles. The van der Waals surface area contributed by atoms with Crippen LogP contribution in [0.1, 0.15) is 63.0 Å². The number of thiophene rings is 1. The number of unbranched alkanes of at least 4 members (excludes halogenated alkanes) is 1. The van der Waals surface area contributed by atoms with Crippen molar-refractivity contribution in [3.05, 3.63) is 40.3 Å². The second-order valence-corrected chi connectivity index (χ2v) is 11.1. The Morgan fingerprint density at radius 3 is 2.77 bits per heavy atom. The molecule has 1 aromatic carbocycles. The van der Waals surface area contributed by atoms with Gasteiger partial charge in [-0.25, -0.2) is 0 Å². The fourth-order valence-electron chi connectivity index (χ4n) is 4.29. The van der Waals surface area contributed by atoms with Crippen LogP contribution < -0.4 is 10.1 Å². The largest absolute Gasteiger partial charge is 0.494 e. The zero-order chi connectivity index (χ0) is 25.0. The van der Waals surface area contributed by atoms with E-state index in [9.17, 15) is 10.1 Å². The third kappa shape index (κ3) is 5.88. The molecule has 0 saturated heterocycles. The van der Waals surface area contributed by atoms with Crippen molar-refractivity contribution in [2.75, 3.05) is 11.9 Å². The average Bonchev–Trinajstić information content (AvgIpc) is 3.42. The highest BCUT2D eigenvalue weighted by atomic mass is 32.1. The zero-order valence-corrected chi connectivity index (χ0v) is 21.6. The van der Waals surface area contributed by atoms with E-state index in [4.69, 9.17) is 4.74 Å². The standard InChI is InChI=1S/C26H32N6O2S/c1-5-6-13-34-19-10-7-17(8-11-19)24-29-31-32(30-24)16-23(33)28-25-21(15-27)20-12-9-18(26(2,3)4)14-22(20)35-25/h7-8,10-11,18H,5-6,9,12-14,16H2,1-4H3,(H,28,33)/t18-/m0/s1. The van der Waals surface area contributed by atoms with E-state index in [1.54, 1.807) is 0 Å². The van der Waals surface area contributed by atoms with Gasteiger partial charge in [-0.15, -0.1) is 21.5 Å². The first-order valence-electron chi connectivity index (χ1n) is 12.1. The first kappa shape index (κ1) is 24.9. The molecule has 184 valence electrons. The van der Waals surface area contributed by atoms with E-state index in [1.165, 1.54) is 21.0 Å². The molecule has 1 aliphatic rings. The summed E-state index contributed by atoms with van der Waals surface area (Å²) in [6.07, 6.45) is 4.99. The van der Waals surface area contributed by atoms with Gasteiger partial charge in [0.25, 0.3) is 0 Å². The van der Waals surface area contributed by atoms with Gasteiger partial charge in [-0.2, -0.15) is 10.1 Å². The van der Waals surface area contributed by atoms with E-state index in [-0.39, 0.29) is 17.9 Å². The van der Waals surface area contributed by atoms with Gasteiger partial charge in [0, 0.05) is 10.4 Å². The SMILES string of the molecule is CCCCOc1ccc(-c2nnn(CC(=O)Nc3sc4c(c3C#N)CC[C@H](C(C)(C)C)C4)n2)cc1. The summed E-state index contributed by atoms with van der Waals surface area (Å²) in [5.41, 5.74) is 2.71. The summed E-state index contributed by atoms with van der Waals surface area (Å²) in [6.45, 7) is 9.53. The quantitative estimate of drug-likeness (QED) is 0.431. The van der Waals surface area contributed by atoms with Crippen LogP contribution in [0, 0.1) is 22.7 Å². The molecule has 9 heteroatoms. The summed E-state index contributed by atoms with van der Waals surface area (Å²) in [4.78, 5) is 15.2. The smallest absolute Gasteiger partial charge is 0.248 e. The number of carbonyl (C=O) groups is 1. The second-order valence-electron chi connectivity index (χ2n) is 10.0. The highest BCUT2D eigenvalue weighted by Crippen LogP contribution is 2.44. The predicted octanol–water partition coefficient (Wildman–Crippen LogP) is 5.24. The molecule has 1 atom stereocenters. The number of ether oxygens (including phenoxy) is 1. The van der Waals surface area contributed by atoms with Crippen LogP contribution in [0.5, 0.6) is 5.75 Å². The van der Waals surface area contributed by atoms with Crippen LogP contribution in [-0.2, 0) is 24.2 Å². The molecule has 2 aromatic heterocycles. The predicted molar refractivity (Wildman–Crippen MR) is 136 cm³/mol. The Hall–Kier alpha value is -3.25. The van der Waals surface area contributed by atoms with Crippen LogP contribution >= 0.6 is 11.3 Å². The molecule has 0 bridgehead atoms. The maximum absolute atomic E-state index is 12.7. The van der Waals surface area contributed by atoms with E-state index >= 15 is 0 Å². The maximum atomic E-state index is 12.7. The summed E-state index contributed by atoms with van der Waals surface area (Å²) in [6, 6.07) is 9.82. The minimum atomic E-state index is -0.281. The van der Waals surface area contributed by atoms with Crippen molar-refractivity contribution in [3.63, 3.8) is 0 Å². The summed E-state index contributed by atoms with van der Waals surface area (Å²) in [7, 11) is 0. The summed E-state index contributed by atoms with van der Waals surface area (Å²) >= 11 is 1.52. The molecule has 2 heterocycles. The highest BCUT2D eigenvalue weighted by Gasteiger charge is 2.32. The number of anilines is 1. The van der Waals surface area contributed by atoms with E-state index in [1.807, 2.05) is 24.3 Å². The van der Waals surface area contributed by atoms with Crippen molar-refractivity contribution >= 4 is 22.2 Å². The normalized spacial score (nSPS) is 15.3. The van der Waals surface area contributed by atoms with Gasteiger partial charge >= 0.3 is 0 Å². The lowest BCUT2D eigenvalue weighted by molar-refractivity contribution is -0.117. The molecule has 8 nitrogen and oxygen atoms in total. The lowest BCUT2D eigenvalue weighted by Gasteiger charge is -2.33. The monoisotopic (exact) mass is 492 g/mol. The lowest BCUT2D eigenvalue weighted by Crippen LogP contribution is -2.26. The number of aromatic nitrogens is 4. The molecule has 3 aromatic rings. The van der Waals surface area contributed by atoms with E-state index in [0.29, 0.717) is 28.9 Å². The van der Waals surface area contributed by atoms with Crippen LogP contribution in [0.25, 0.3) is 11.4 Å². The molecule has 1 amide bonds. The number of benzene rings is 1. The zero-order valence-electron chi connectivity index (χ0n) is 20.8. The van der Waals surface area contributed by atoms with Crippen LogP contribution in [0.2, 0.25) is 0 Å². The molecule has 0 fully saturated rings. The third-order valence-electron chi connectivity index (χ3n) is 6.47. The summed E-state index contributed by atoms with van der Waals surface area (Å²) in [5, 5.41) is 25.7. The first-order valence-corrected chi connectivity index (χ1v) is 13.0. The molecule has 0 unspecified atom stereocenters. The van der Waals surface area contributed by atoms with Crippen molar-refractivity contribution in [2.45, 2.75) is 66.3 Å². The summed E-state index contributed by atoms with van der Waals surface area (Å²) in [5.74, 6) is 1.53. The molecule has 0 spiro atoms. The van der Waals surface area contributed by atoms with Crippen molar-refractivity contribution < 1.29 is 9.53 Å². The van der Waals surface area contributed by atoms with Crippen molar-refractivity contribution in [1.82, 2.24) is 20.2 Å². The van der Waals surface area contributed by atoms with Crippen LogP contribution in [0.3, 0.4) is 0 Å². The Morgan fingerprint density at radius 1 is 1.31 bits per heavy atom. The lowest BCUT2D eigenvalue weighted by atomic mass is 9.72. The van der Waals surface area contributed by atoms with Gasteiger partial charge in [0.15, 0.2) is 0 Å². The molecule has 35 heavy (non-hydrogen) atoms. The molecular weight excluding hydrogens is 460 g/mol. The van der Waals surface area contributed by atoms with Crippen LogP contribution in [-0.4, -0.2) is 32.7 Å². The van der Waals surface area contributed by atoms with E-state index < -0.39 is 0 Å². The first-order chi connectivity index (χ1) is 16.8. The second kappa shape index (κ2) is 10.6. The number of hydrogen-bond donors (Lipinski definition) is 1. The Balaban J connectivity index is 1.39. The Labute approximate surface area is 210 Å². The van der Waals surface area contributed by atoms with E-state index in [2.05, 4.69) is 54.5 Å². The van der Waals surface area contributed by atoms with E-state index in [0.717, 1.165) is 49.0 Å². The van der Waals surface area contributed by atoms with Gasteiger partial charge in [-0.05, 0) is 72.1 Å². The number of amides is 1. The van der Waals surface area contributed by atoms with Crippen molar-refractivity contribution in [1.29, 1.82) is 5.26 Å². The number of carbonyl (C=O) groups excluding carboxylic acids is 1. The number of rotatable bonds is 8. The molecule has 0 radical (unpaired) electrons. The van der Waals surface area contributed by atoms with Crippen molar-refractivity contribution in [2.24, 2.45) is 11.3 Å². The Morgan fingerprint density at radius 2 is 2.09 bits per heavy atom. The Bertz CT molecular complexity index is 1220. The third-order valence-corrected chi connectivity index (χ3v) is 7.64. The molecule has 4 rings (SSSR count). The van der Waals surface area contributed by atoms with Gasteiger partial charge in [0.1, 0.15) is 23.4 Å². The van der Waals surface area contributed by atoms with Gasteiger partial charge in [-0.3, -0.25) is 4.79 Å². The van der Waals surface area contributed by atoms with Gasteiger partial charge in [0.05, 0.1) is 12.2 Å². The topological polar surface area (TPSA) is 106 Å². The minimum Gasteiger partial charge on any atom is -0.494 e.